The van der Waals surface area contributed by atoms with Crippen molar-refractivity contribution < 1.29 is 43.9 Å². The standard InChI is InChI=1S/C22H45O9P/c1-2-3-4-5-6-7-8-9-10-11-12-13-14-15-21(26)31-19(16-23)18-30-22(20(25)17-24)32(27,28)29/h19-20,22-25H,2-18H2,1H3,(H2,27,28,29)/t19-,20?,22?/m0/s1. The van der Waals surface area contributed by atoms with E-state index in [1.807, 2.05) is 0 Å². The van der Waals surface area contributed by atoms with Crippen molar-refractivity contribution in [3.8, 4) is 0 Å². The molecule has 0 rings (SSSR count). The van der Waals surface area contributed by atoms with Gasteiger partial charge in [0.15, 0.2) is 5.85 Å². The summed E-state index contributed by atoms with van der Waals surface area (Å²) in [4.78, 5) is 30.3. The van der Waals surface area contributed by atoms with Crippen LogP contribution in [-0.2, 0) is 18.8 Å². The summed E-state index contributed by atoms with van der Waals surface area (Å²) >= 11 is 0. The molecule has 2 unspecified atom stereocenters. The first-order valence-electron chi connectivity index (χ1n) is 12.0. The summed E-state index contributed by atoms with van der Waals surface area (Å²) in [6, 6.07) is 0. The Morgan fingerprint density at radius 2 is 1.28 bits per heavy atom. The maximum Gasteiger partial charge on any atom is 0.356 e. The van der Waals surface area contributed by atoms with Crippen LogP contribution in [0.1, 0.15) is 96.8 Å². The third kappa shape index (κ3) is 17.0. The number of esters is 1. The molecule has 0 bridgehead atoms. The molecule has 0 aromatic carbocycles. The number of hydrogen-bond donors (Lipinski definition) is 5. The van der Waals surface area contributed by atoms with Crippen LogP contribution in [0.2, 0.25) is 0 Å². The van der Waals surface area contributed by atoms with Gasteiger partial charge in [0, 0.05) is 6.42 Å². The quantitative estimate of drug-likeness (QED) is 0.0885. The highest BCUT2D eigenvalue weighted by atomic mass is 31.2. The van der Waals surface area contributed by atoms with E-state index in [1.54, 1.807) is 0 Å². The van der Waals surface area contributed by atoms with Crippen molar-refractivity contribution in [2.45, 2.75) is 115 Å². The fourth-order valence-corrected chi connectivity index (χ4v) is 4.21. The molecular formula is C22H45O9P. The Morgan fingerprint density at radius 3 is 1.69 bits per heavy atom. The second kappa shape index (κ2) is 19.9. The Hall–Kier alpha value is -0.540. The number of hydrogen-bond acceptors (Lipinski definition) is 7. The number of rotatable bonds is 22. The molecule has 5 N–H and O–H groups in total. The SMILES string of the molecule is CCCCCCCCCCCCCCCC(=O)O[C@@H](CO)COC(C(O)CO)P(=O)(O)O. The third-order valence-corrected chi connectivity index (χ3v) is 6.44. The molecule has 0 radical (unpaired) electrons. The number of carbonyl (C=O) groups is 1. The lowest BCUT2D eigenvalue weighted by atomic mass is 10.0. The Balaban J connectivity index is 3.83. The molecule has 32 heavy (non-hydrogen) atoms. The molecule has 0 aromatic heterocycles. The molecule has 0 aliphatic rings. The topological polar surface area (TPSA) is 154 Å². The molecule has 9 nitrogen and oxygen atoms in total. The van der Waals surface area contributed by atoms with Gasteiger partial charge in [-0.2, -0.15) is 0 Å². The van der Waals surface area contributed by atoms with Crippen molar-refractivity contribution in [2.75, 3.05) is 19.8 Å². The van der Waals surface area contributed by atoms with Gasteiger partial charge in [0.05, 0.1) is 19.8 Å². The first-order valence-corrected chi connectivity index (χ1v) is 13.7. The van der Waals surface area contributed by atoms with Gasteiger partial charge in [-0.15, -0.1) is 0 Å². The van der Waals surface area contributed by atoms with Crippen LogP contribution >= 0.6 is 7.60 Å². The Labute approximate surface area is 192 Å². The van der Waals surface area contributed by atoms with Gasteiger partial charge < -0.3 is 34.6 Å². The van der Waals surface area contributed by atoms with Gasteiger partial charge in [-0.05, 0) is 6.42 Å². The summed E-state index contributed by atoms with van der Waals surface area (Å²) in [6.07, 6.45) is 12.8. The molecular weight excluding hydrogens is 439 g/mol. The van der Waals surface area contributed by atoms with Crippen LogP contribution in [0, 0.1) is 0 Å². The van der Waals surface area contributed by atoms with Crippen LogP contribution in [0.5, 0.6) is 0 Å². The van der Waals surface area contributed by atoms with Crippen molar-refractivity contribution >= 4 is 13.6 Å². The highest BCUT2D eigenvalue weighted by Gasteiger charge is 2.37. The predicted octanol–water partition coefficient (Wildman–Crippen LogP) is 3.25. The van der Waals surface area contributed by atoms with E-state index in [9.17, 15) is 29.4 Å². The van der Waals surface area contributed by atoms with Crippen LogP contribution in [-0.4, -0.2) is 68.9 Å². The molecule has 3 atom stereocenters. The highest BCUT2D eigenvalue weighted by molar-refractivity contribution is 7.52. The first-order chi connectivity index (χ1) is 15.3. The van der Waals surface area contributed by atoms with Crippen LogP contribution in [0.15, 0.2) is 0 Å². The Bertz CT molecular complexity index is 498. The monoisotopic (exact) mass is 484 g/mol. The van der Waals surface area contributed by atoms with Gasteiger partial charge in [-0.1, -0.05) is 84.0 Å². The summed E-state index contributed by atoms with van der Waals surface area (Å²) in [5, 5.41) is 27.7. The zero-order valence-corrected chi connectivity index (χ0v) is 20.5. The Morgan fingerprint density at radius 1 is 0.812 bits per heavy atom. The van der Waals surface area contributed by atoms with E-state index in [2.05, 4.69) is 6.92 Å². The van der Waals surface area contributed by atoms with E-state index >= 15 is 0 Å². The number of carbonyl (C=O) groups excluding carboxylic acids is 1. The highest BCUT2D eigenvalue weighted by Crippen LogP contribution is 2.43. The van der Waals surface area contributed by atoms with Crippen LogP contribution in [0.4, 0.5) is 0 Å². The Kier molecular flexibility index (Phi) is 19.6. The smallest absolute Gasteiger partial charge is 0.356 e. The molecule has 0 amide bonds. The van der Waals surface area contributed by atoms with Crippen LogP contribution in [0.3, 0.4) is 0 Å². The summed E-state index contributed by atoms with van der Waals surface area (Å²) in [5.41, 5.74) is 0. The van der Waals surface area contributed by atoms with Crippen molar-refractivity contribution in [1.82, 2.24) is 0 Å². The average Bonchev–Trinajstić information content (AvgIpc) is 2.75. The first kappa shape index (κ1) is 31.5. The molecule has 0 saturated carbocycles. The van der Waals surface area contributed by atoms with Crippen LogP contribution in [0.25, 0.3) is 0 Å². The molecule has 0 spiro atoms. The minimum atomic E-state index is -4.85. The number of aliphatic hydroxyl groups excluding tert-OH is 3. The third-order valence-electron chi connectivity index (χ3n) is 5.29. The van der Waals surface area contributed by atoms with Crippen LogP contribution < -0.4 is 0 Å². The van der Waals surface area contributed by atoms with Gasteiger partial charge in [0.1, 0.15) is 12.2 Å². The second-order valence-corrected chi connectivity index (χ2v) is 10.0. The average molecular weight is 485 g/mol. The molecule has 0 aromatic rings. The van der Waals surface area contributed by atoms with E-state index in [0.29, 0.717) is 6.42 Å². The largest absolute Gasteiger partial charge is 0.457 e. The van der Waals surface area contributed by atoms with E-state index in [4.69, 9.17) is 14.6 Å². The zero-order valence-electron chi connectivity index (χ0n) is 19.6. The maximum absolute atomic E-state index is 11.9. The molecule has 0 heterocycles. The fourth-order valence-electron chi connectivity index (χ4n) is 3.38. The van der Waals surface area contributed by atoms with Crippen molar-refractivity contribution in [1.29, 1.82) is 0 Å². The summed E-state index contributed by atoms with van der Waals surface area (Å²) < 4.78 is 21.3. The van der Waals surface area contributed by atoms with Crippen molar-refractivity contribution in [3.05, 3.63) is 0 Å². The summed E-state index contributed by atoms with van der Waals surface area (Å²) in [5.74, 6) is -2.48. The van der Waals surface area contributed by atoms with E-state index in [0.717, 1.165) is 19.3 Å². The number of unbranched alkanes of at least 4 members (excludes halogenated alkanes) is 12. The minimum absolute atomic E-state index is 0.190. The van der Waals surface area contributed by atoms with Gasteiger partial charge in [-0.25, -0.2) is 0 Å². The predicted molar refractivity (Wildman–Crippen MR) is 122 cm³/mol. The lowest BCUT2D eigenvalue weighted by molar-refractivity contribution is -0.156. The summed E-state index contributed by atoms with van der Waals surface area (Å²) in [7, 11) is -4.85. The normalized spacial score (nSPS) is 14.8. The van der Waals surface area contributed by atoms with Gasteiger partial charge in [-0.3, -0.25) is 9.36 Å². The van der Waals surface area contributed by atoms with Gasteiger partial charge in [0.25, 0.3) is 0 Å². The second-order valence-electron chi connectivity index (χ2n) is 8.35. The van der Waals surface area contributed by atoms with E-state index < -0.39 is 51.4 Å². The van der Waals surface area contributed by atoms with E-state index in [1.165, 1.54) is 57.8 Å². The molecule has 192 valence electrons. The molecule has 0 saturated heterocycles. The maximum atomic E-state index is 11.9. The lowest BCUT2D eigenvalue weighted by Gasteiger charge is -2.25. The van der Waals surface area contributed by atoms with Gasteiger partial charge in [0.2, 0.25) is 0 Å². The fraction of sp³-hybridized carbons (Fsp3) is 0.955. The summed E-state index contributed by atoms with van der Waals surface area (Å²) in [6.45, 7) is 0.227. The van der Waals surface area contributed by atoms with E-state index in [-0.39, 0.29) is 6.42 Å². The lowest BCUT2D eigenvalue weighted by Crippen LogP contribution is -2.36. The van der Waals surface area contributed by atoms with Crippen molar-refractivity contribution in [3.63, 3.8) is 0 Å². The molecule has 0 fully saturated rings. The van der Waals surface area contributed by atoms with Crippen molar-refractivity contribution in [2.24, 2.45) is 0 Å². The molecule has 10 heteroatoms. The number of aliphatic hydroxyl groups is 3. The zero-order chi connectivity index (χ0) is 24.2. The molecule has 0 aliphatic carbocycles. The van der Waals surface area contributed by atoms with Gasteiger partial charge >= 0.3 is 13.6 Å². The molecule has 0 aliphatic heterocycles. The minimum Gasteiger partial charge on any atom is -0.457 e. The number of ether oxygens (including phenoxy) is 2.